The Balaban J connectivity index is 2.12. The van der Waals surface area contributed by atoms with Gasteiger partial charge in [0, 0.05) is 4.47 Å². The molecule has 0 radical (unpaired) electrons. The van der Waals surface area contributed by atoms with Gasteiger partial charge in [0.2, 0.25) is 0 Å². The highest BCUT2D eigenvalue weighted by Crippen LogP contribution is 2.27. The van der Waals surface area contributed by atoms with Crippen LogP contribution in [-0.2, 0) is 0 Å². The average Bonchev–Trinajstić information content (AvgIpc) is 2.66. The lowest BCUT2D eigenvalue weighted by molar-refractivity contribution is 0.0951. The number of nitrogens with zero attached hydrogens (tertiary/aromatic N) is 1. The third kappa shape index (κ3) is 5.10. The molecule has 0 fully saturated rings. The summed E-state index contributed by atoms with van der Waals surface area (Å²) < 4.78 is 16.7. The molecule has 7 heteroatoms. The standard InChI is InChI=1S/C19H19BrN2O4/c1-4-9-26-16-8-6-14(20)11-15(16)19(23)22-21-12-13-5-7-17(24-2)18(10-13)25-3/h4-8,10-12H,1,9H2,2-3H3,(H,22,23)/b21-12+. The minimum Gasteiger partial charge on any atom is -0.493 e. The molecule has 1 amide bonds. The quantitative estimate of drug-likeness (QED) is 0.402. The number of hydrazone groups is 1. The third-order valence-corrected chi connectivity index (χ3v) is 3.82. The van der Waals surface area contributed by atoms with Gasteiger partial charge in [0.15, 0.2) is 11.5 Å². The summed E-state index contributed by atoms with van der Waals surface area (Å²) in [6.45, 7) is 3.90. The Labute approximate surface area is 160 Å². The maximum absolute atomic E-state index is 12.4. The number of methoxy groups -OCH3 is 2. The second-order valence-electron chi connectivity index (χ2n) is 5.05. The Morgan fingerprint density at radius 1 is 1.15 bits per heavy atom. The number of halogens is 1. The molecular formula is C19H19BrN2O4. The van der Waals surface area contributed by atoms with Crippen molar-refractivity contribution in [3.05, 3.63) is 64.7 Å². The number of amides is 1. The molecular weight excluding hydrogens is 400 g/mol. The first-order chi connectivity index (χ1) is 12.6. The summed E-state index contributed by atoms with van der Waals surface area (Å²) in [7, 11) is 3.12. The normalized spacial score (nSPS) is 10.4. The molecule has 1 N–H and O–H groups in total. The van der Waals surface area contributed by atoms with E-state index in [9.17, 15) is 4.79 Å². The molecule has 0 aliphatic carbocycles. The van der Waals surface area contributed by atoms with Gasteiger partial charge >= 0.3 is 0 Å². The van der Waals surface area contributed by atoms with Gasteiger partial charge in [-0.15, -0.1) is 0 Å². The zero-order chi connectivity index (χ0) is 18.9. The lowest BCUT2D eigenvalue weighted by Gasteiger charge is -2.09. The van der Waals surface area contributed by atoms with Gasteiger partial charge in [0.05, 0.1) is 26.0 Å². The van der Waals surface area contributed by atoms with Crippen LogP contribution in [0.1, 0.15) is 15.9 Å². The molecule has 136 valence electrons. The van der Waals surface area contributed by atoms with Gasteiger partial charge in [-0.1, -0.05) is 28.6 Å². The van der Waals surface area contributed by atoms with Crippen molar-refractivity contribution < 1.29 is 19.0 Å². The van der Waals surface area contributed by atoms with E-state index in [4.69, 9.17) is 14.2 Å². The van der Waals surface area contributed by atoms with Crippen molar-refractivity contribution in [3.8, 4) is 17.2 Å². The Bertz CT molecular complexity index is 821. The molecule has 26 heavy (non-hydrogen) atoms. The maximum atomic E-state index is 12.4. The van der Waals surface area contributed by atoms with Crippen molar-refractivity contribution in [2.45, 2.75) is 0 Å². The van der Waals surface area contributed by atoms with Gasteiger partial charge < -0.3 is 14.2 Å². The molecule has 0 bridgehead atoms. The second kappa shape index (κ2) is 9.62. The van der Waals surface area contributed by atoms with E-state index in [1.807, 2.05) is 0 Å². The van der Waals surface area contributed by atoms with E-state index in [1.165, 1.54) is 6.21 Å². The Hall–Kier alpha value is -2.80. The van der Waals surface area contributed by atoms with Gasteiger partial charge in [0.25, 0.3) is 5.91 Å². The smallest absolute Gasteiger partial charge is 0.275 e. The monoisotopic (exact) mass is 418 g/mol. The van der Waals surface area contributed by atoms with Gasteiger partial charge in [-0.25, -0.2) is 5.43 Å². The molecule has 0 spiro atoms. The first-order valence-corrected chi connectivity index (χ1v) is 8.47. The van der Waals surface area contributed by atoms with Crippen molar-refractivity contribution in [3.63, 3.8) is 0 Å². The second-order valence-corrected chi connectivity index (χ2v) is 5.97. The molecule has 0 aliphatic heterocycles. The van der Waals surface area contributed by atoms with Gasteiger partial charge in [-0.05, 0) is 42.0 Å². The van der Waals surface area contributed by atoms with Gasteiger partial charge in [-0.2, -0.15) is 5.10 Å². The number of ether oxygens (including phenoxy) is 3. The van der Waals surface area contributed by atoms with Crippen molar-refractivity contribution in [1.29, 1.82) is 0 Å². The minimum absolute atomic E-state index is 0.302. The summed E-state index contributed by atoms with van der Waals surface area (Å²) in [4.78, 5) is 12.4. The molecule has 0 aliphatic rings. The van der Waals surface area contributed by atoms with Crippen molar-refractivity contribution in [1.82, 2.24) is 5.43 Å². The zero-order valence-electron chi connectivity index (χ0n) is 14.5. The SMILES string of the molecule is C=CCOc1ccc(Br)cc1C(=O)N/N=C/c1ccc(OC)c(OC)c1. The van der Waals surface area contributed by atoms with Crippen LogP contribution in [0.5, 0.6) is 17.2 Å². The first kappa shape index (κ1) is 19.5. The zero-order valence-corrected chi connectivity index (χ0v) is 16.1. The molecule has 0 heterocycles. The van der Waals surface area contributed by atoms with Crippen LogP contribution in [0, 0.1) is 0 Å². The maximum Gasteiger partial charge on any atom is 0.275 e. The lowest BCUT2D eigenvalue weighted by Crippen LogP contribution is -2.19. The highest BCUT2D eigenvalue weighted by molar-refractivity contribution is 9.10. The number of hydrogen-bond acceptors (Lipinski definition) is 5. The number of carbonyl (C=O) groups is 1. The van der Waals surface area contributed by atoms with Crippen LogP contribution in [0.3, 0.4) is 0 Å². The number of carbonyl (C=O) groups excluding carboxylic acids is 1. The summed E-state index contributed by atoms with van der Waals surface area (Å²) in [6.07, 6.45) is 3.13. The van der Waals surface area contributed by atoms with E-state index in [-0.39, 0.29) is 5.91 Å². The van der Waals surface area contributed by atoms with Gasteiger partial charge in [-0.3, -0.25) is 4.79 Å². The molecule has 6 nitrogen and oxygen atoms in total. The largest absolute Gasteiger partial charge is 0.493 e. The highest BCUT2D eigenvalue weighted by Gasteiger charge is 2.12. The van der Waals surface area contributed by atoms with Crippen LogP contribution in [0.2, 0.25) is 0 Å². The van der Waals surface area contributed by atoms with E-state index < -0.39 is 0 Å². The minimum atomic E-state index is -0.387. The predicted molar refractivity (Wildman–Crippen MR) is 104 cm³/mol. The van der Waals surface area contributed by atoms with Crippen LogP contribution in [0.4, 0.5) is 0 Å². The molecule has 0 atom stereocenters. The van der Waals surface area contributed by atoms with E-state index in [0.717, 1.165) is 10.0 Å². The molecule has 0 unspecified atom stereocenters. The van der Waals surface area contributed by atoms with Crippen LogP contribution in [0.15, 0.2) is 58.6 Å². The summed E-state index contributed by atoms with van der Waals surface area (Å²) in [5.74, 6) is 1.26. The fourth-order valence-electron chi connectivity index (χ4n) is 2.11. The summed E-state index contributed by atoms with van der Waals surface area (Å²) >= 11 is 3.35. The summed E-state index contributed by atoms with van der Waals surface area (Å²) in [5, 5.41) is 3.99. The number of hydrogen-bond donors (Lipinski definition) is 1. The molecule has 0 saturated heterocycles. The Morgan fingerprint density at radius 2 is 1.88 bits per heavy atom. The van der Waals surface area contributed by atoms with Crippen molar-refractivity contribution in [2.75, 3.05) is 20.8 Å². The third-order valence-electron chi connectivity index (χ3n) is 3.33. The molecule has 0 saturated carbocycles. The van der Waals surface area contributed by atoms with Crippen molar-refractivity contribution >= 4 is 28.1 Å². The van der Waals surface area contributed by atoms with E-state index >= 15 is 0 Å². The van der Waals surface area contributed by atoms with E-state index in [0.29, 0.717) is 29.4 Å². The number of benzene rings is 2. The highest BCUT2D eigenvalue weighted by atomic mass is 79.9. The molecule has 2 aromatic carbocycles. The van der Waals surface area contributed by atoms with Crippen molar-refractivity contribution in [2.24, 2.45) is 5.10 Å². The molecule has 0 aromatic heterocycles. The summed E-state index contributed by atoms with van der Waals surface area (Å²) in [5.41, 5.74) is 3.61. The lowest BCUT2D eigenvalue weighted by atomic mass is 10.2. The summed E-state index contributed by atoms with van der Waals surface area (Å²) in [6, 6.07) is 10.5. The van der Waals surface area contributed by atoms with Crippen LogP contribution >= 0.6 is 15.9 Å². The van der Waals surface area contributed by atoms with Crippen LogP contribution in [0.25, 0.3) is 0 Å². The fraction of sp³-hybridized carbons (Fsp3) is 0.158. The topological polar surface area (TPSA) is 69.2 Å². The molecule has 2 aromatic rings. The molecule has 2 rings (SSSR count). The first-order valence-electron chi connectivity index (χ1n) is 7.67. The predicted octanol–water partition coefficient (Wildman–Crippen LogP) is 3.80. The average molecular weight is 419 g/mol. The van der Waals surface area contributed by atoms with Crippen LogP contribution in [-0.4, -0.2) is 32.9 Å². The Kier molecular flexibility index (Phi) is 7.23. The van der Waals surface area contributed by atoms with Crippen LogP contribution < -0.4 is 19.6 Å². The number of nitrogens with one attached hydrogen (secondary N) is 1. The van der Waals surface area contributed by atoms with E-state index in [1.54, 1.807) is 56.7 Å². The number of rotatable bonds is 8. The fourth-order valence-corrected chi connectivity index (χ4v) is 2.47. The van der Waals surface area contributed by atoms with E-state index in [2.05, 4.69) is 33.0 Å². The Morgan fingerprint density at radius 3 is 2.58 bits per heavy atom. The van der Waals surface area contributed by atoms with Gasteiger partial charge in [0.1, 0.15) is 12.4 Å².